The van der Waals surface area contributed by atoms with Crippen LogP contribution in [0.3, 0.4) is 0 Å². The summed E-state index contributed by atoms with van der Waals surface area (Å²) in [5.74, 6) is -2.49. The van der Waals surface area contributed by atoms with E-state index >= 15 is 0 Å². The van der Waals surface area contributed by atoms with Gasteiger partial charge in [0.05, 0.1) is 4.90 Å². The molecule has 1 heterocycles. The number of rotatable bonds is 6. The molecule has 0 unspecified atom stereocenters. The fourth-order valence-corrected chi connectivity index (χ4v) is 4.03. The van der Waals surface area contributed by atoms with Crippen molar-refractivity contribution in [1.29, 1.82) is 0 Å². The van der Waals surface area contributed by atoms with E-state index in [9.17, 15) is 17.2 Å². The van der Waals surface area contributed by atoms with E-state index in [2.05, 4.69) is 30.9 Å². The fourth-order valence-electron chi connectivity index (χ4n) is 3.31. The second kappa shape index (κ2) is 8.57. The minimum Gasteiger partial charge on any atom is -0.490 e. The Morgan fingerprint density at radius 2 is 1.68 bits per heavy atom. The van der Waals surface area contributed by atoms with Gasteiger partial charge < -0.3 is 4.74 Å². The molecule has 2 aromatic carbocycles. The number of likely N-dealkylation sites (tertiary alicyclic amines) is 1. The molecule has 1 aliphatic heterocycles. The highest BCUT2D eigenvalue weighted by Crippen LogP contribution is 2.23. The van der Waals surface area contributed by atoms with Crippen LogP contribution in [0.4, 0.5) is 8.78 Å². The Hall–Kier alpha value is -1.99. The third kappa shape index (κ3) is 4.89. The van der Waals surface area contributed by atoms with E-state index in [0.29, 0.717) is 6.54 Å². The number of nitrogens with zero attached hydrogens (tertiary/aromatic N) is 1. The number of hydrogen-bond donors (Lipinski definition) is 0. The van der Waals surface area contributed by atoms with Gasteiger partial charge in [-0.15, -0.1) is 0 Å². The predicted molar refractivity (Wildman–Crippen MR) is 104 cm³/mol. The van der Waals surface area contributed by atoms with Gasteiger partial charge >= 0.3 is 5.76 Å². The molecule has 0 amide bonds. The quantitative estimate of drug-likeness (QED) is 0.712. The van der Waals surface area contributed by atoms with Gasteiger partial charge in [0, 0.05) is 19.6 Å². The summed E-state index contributed by atoms with van der Waals surface area (Å²) in [6, 6.07) is 11.9. The zero-order valence-corrected chi connectivity index (χ0v) is 16.9. The molecule has 7 heteroatoms. The Bertz CT molecular complexity index is 906. The van der Waals surface area contributed by atoms with Crippen LogP contribution in [0.1, 0.15) is 29.5 Å². The molecule has 3 rings (SSSR count). The maximum absolute atomic E-state index is 12.6. The first-order valence-electron chi connectivity index (χ1n) is 9.33. The Kier molecular flexibility index (Phi) is 6.35. The van der Waals surface area contributed by atoms with Crippen LogP contribution in [-0.2, 0) is 16.4 Å². The summed E-state index contributed by atoms with van der Waals surface area (Å²) in [6.45, 7) is 6.54. The smallest absolute Gasteiger partial charge is 0.341 e. The van der Waals surface area contributed by atoms with Crippen LogP contribution in [0, 0.1) is 13.8 Å². The van der Waals surface area contributed by atoms with E-state index in [1.165, 1.54) is 23.3 Å². The number of piperidine rings is 1. The van der Waals surface area contributed by atoms with E-state index in [-0.39, 0.29) is 11.0 Å². The van der Waals surface area contributed by atoms with E-state index in [4.69, 9.17) is 4.74 Å². The van der Waals surface area contributed by atoms with Crippen molar-refractivity contribution in [3.05, 3.63) is 59.2 Å². The molecule has 0 aromatic heterocycles. The monoisotopic (exact) mass is 409 g/mol. The van der Waals surface area contributed by atoms with Crippen molar-refractivity contribution in [2.24, 2.45) is 0 Å². The highest BCUT2D eigenvalue weighted by molar-refractivity contribution is 7.91. The largest absolute Gasteiger partial charge is 0.490 e. The van der Waals surface area contributed by atoms with Crippen LogP contribution in [0.2, 0.25) is 0 Å². The van der Waals surface area contributed by atoms with E-state index in [1.54, 1.807) is 12.1 Å². The van der Waals surface area contributed by atoms with Crippen molar-refractivity contribution in [2.45, 2.75) is 50.0 Å². The number of halogens is 2. The Morgan fingerprint density at radius 3 is 2.25 bits per heavy atom. The molecular formula is C21H25F2NO3S. The molecular weight excluding hydrogens is 384 g/mol. The summed E-state index contributed by atoms with van der Waals surface area (Å²) in [5, 5.41) is 0. The van der Waals surface area contributed by atoms with E-state index in [0.717, 1.165) is 37.2 Å². The van der Waals surface area contributed by atoms with Crippen LogP contribution in [0.25, 0.3) is 0 Å². The number of sulfone groups is 1. The van der Waals surface area contributed by atoms with Crippen molar-refractivity contribution >= 4 is 9.84 Å². The standard InChI is InChI=1S/C21H25F2NO3S/c1-15-3-6-19(13-16(15)2)27-18-9-11-24(12-10-18)14-17-4-7-20(8-5-17)28(25,26)21(22)23/h3-8,13,18,21H,9-12,14H2,1-2H3. The van der Waals surface area contributed by atoms with Crippen LogP contribution in [-0.4, -0.2) is 38.3 Å². The third-order valence-corrected chi connectivity index (χ3v) is 6.61. The number of alkyl halides is 2. The Balaban J connectivity index is 1.52. The Morgan fingerprint density at radius 1 is 1.04 bits per heavy atom. The first-order valence-corrected chi connectivity index (χ1v) is 10.9. The van der Waals surface area contributed by atoms with Crippen molar-refractivity contribution in [2.75, 3.05) is 13.1 Å². The molecule has 152 valence electrons. The van der Waals surface area contributed by atoms with Crippen LogP contribution < -0.4 is 4.74 Å². The van der Waals surface area contributed by atoms with Crippen molar-refractivity contribution in [3.63, 3.8) is 0 Å². The molecule has 0 radical (unpaired) electrons. The summed E-state index contributed by atoms with van der Waals surface area (Å²) < 4.78 is 54.3. The molecule has 0 N–H and O–H groups in total. The SMILES string of the molecule is Cc1ccc(OC2CCN(Cc3ccc(S(=O)(=O)C(F)F)cc3)CC2)cc1C. The summed E-state index contributed by atoms with van der Waals surface area (Å²) in [5.41, 5.74) is 3.36. The number of benzene rings is 2. The minimum atomic E-state index is -4.53. The zero-order valence-electron chi connectivity index (χ0n) is 16.1. The lowest BCUT2D eigenvalue weighted by Crippen LogP contribution is -2.37. The highest BCUT2D eigenvalue weighted by Gasteiger charge is 2.26. The number of hydrogen-bond acceptors (Lipinski definition) is 4. The maximum atomic E-state index is 12.6. The summed E-state index contributed by atoms with van der Waals surface area (Å²) in [4.78, 5) is 1.92. The van der Waals surface area contributed by atoms with Gasteiger partial charge in [0.25, 0.3) is 0 Å². The van der Waals surface area contributed by atoms with Gasteiger partial charge in [-0.3, -0.25) is 4.90 Å². The van der Waals surface area contributed by atoms with Crippen molar-refractivity contribution < 1.29 is 21.9 Å². The zero-order chi connectivity index (χ0) is 20.3. The molecule has 2 aromatic rings. The predicted octanol–water partition coefficient (Wildman–Crippen LogP) is 4.34. The van der Waals surface area contributed by atoms with Crippen molar-refractivity contribution in [3.8, 4) is 5.75 Å². The Labute approximate surface area is 165 Å². The molecule has 0 spiro atoms. The van der Waals surface area contributed by atoms with Crippen molar-refractivity contribution in [1.82, 2.24) is 4.90 Å². The first kappa shape index (κ1) is 20.7. The van der Waals surface area contributed by atoms with Gasteiger partial charge in [-0.2, -0.15) is 8.78 Å². The summed E-state index contributed by atoms with van der Waals surface area (Å²) >= 11 is 0. The first-order chi connectivity index (χ1) is 13.3. The van der Waals surface area contributed by atoms with Crippen LogP contribution >= 0.6 is 0 Å². The third-order valence-electron chi connectivity index (χ3n) is 5.21. The van der Waals surface area contributed by atoms with Gasteiger partial charge in [0.15, 0.2) is 0 Å². The van der Waals surface area contributed by atoms with E-state index in [1.807, 2.05) is 6.07 Å². The van der Waals surface area contributed by atoms with E-state index < -0.39 is 15.6 Å². The molecule has 0 bridgehead atoms. The minimum absolute atomic E-state index is 0.178. The molecule has 1 aliphatic rings. The second-order valence-electron chi connectivity index (χ2n) is 7.29. The molecule has 0 saturated carbocycles. The molecule has 28 heavy (non-hydrogen) atoms. The molecule has 0 aliphatic carbocycles. The highest BCUT2D eigenvalue weighted by atomic mass is 32.2. The summed E-state index contributed by atoms with van der Waals surface area (Å²) in [6.07, 6.45) is 1.99. The van der Waals surface area contributed by atoms with Gasteiger partial charge in [0.2, 0.25) is 9.84 Å². The second-order valence-corrected chi connectivity index (χ2v) is 9.21. The van der Waals surface area contributed by atoms with Crippen LogP contribution in [0.5, 0.6) is 5.75 Å². The average molecular weight is 409 g/mol. The lowest BCUT2D eigenvalue weighted by Gasteiger charge is -2.32. The summed E-state index contributed by atoms with van der Waals surface area (Å²) in [7, 11) is -4.53. The lowest BCUT2D eigenvalue weighted by atomic mass is 10.1. The van der Waals surface area contributed by atoms with Gasteiger partial charge in [-0.05, 0) is 67.6 Å². The van der Waals surface area contributed by atoms with Crippen LogP contribution in [0.15, 0.2) is 47.4 Å². The molecule has 0 atom stereocenters. The topological polar surface area (TPSA) is 46.6 Å². The van der Waals surface area contributed by atoms with Gasteiger partial charge in [0.1, 0.15) is 11.9 Å². The fraction of sp³-hybridized carbons (Fsp3) is 0.429. The molecule has 1 saturated heterocycles. The normalized spacial score (nSPS) is 16.5. The number of ether oxygens (including phenoxy) is 1. The molecule has 1 fully saturated rings. The average Bonchev–Trinajstić information content (AvgIpc) is 2.67. The van der Waals surface area contributed by atoms with Gasteiger partial charge in [-0.1, -0.05) is 18.2 Å². The molecule has 4 nitrogen and oxygen atoms in total. The lowest BCUT2D eigenvalue weighted by molar-refractivity contribution is 0.0967. The van der Waals surface area contributed by atoms with Gasteiger partial charge in [-0.25, -0.2) is 8.42 Å². The maximum Gasteiger partial charge on any atom is 0.341 e. The number of aryl methyl sites for hydroxylation is 2.